The van der Waals surface area contributed by atoms with Crippen molar-refractivity contribution in [3.8, 4) is 0 Å². The van der Waals surface area contributed by atoms with E-state index in [1.165, 1.54) is 0 Å². The molecule has 0 aliphatic heterocycles. The zero-order valence-corrected chi connectivity index (χ0v) is 12.0. The van der Waals surface area contributed by atoms with E-state index in [-0.39, 0.29) is 0 Å². The SMILES string of the molecule is Cc1nnc(N(C)Cc2ccco2)c(C(N)=S)c1C. The Morgan fingerprint density at radius 3 is 2.74 bits per heavy atom. The summed E-state index contributed by atoms with van der Waals surface area (Å²) in [6.45, 7) is 4.42. The third kappa shape index (κ3) is 2.73. The number of aryl methyl sites for hydroxylation is 1. The van der Waals surface area contributed by atoms with Gasteiger partial charge in [0.2, 0.25) is 0 Å². The first-order valence-corrected chi connectivity index (χ1v) is 6.28. The van der Waals surface area contributed by atoms with Crippen LogP contribution in [0.2, 0.25) is 0 Å². The van der Waals surface area contributed by atoms with Crippen molar-refractivity contribution in [3.63, 3.8) is 0 Å². The Bertz CT molecular complexity index is 595. The smallest absolute Gasteiger partial charge is 0.161 e. The molecule has 2 heterocycles. The molecule has 0 saturated carbocycles. The third-order valence-corrected chi connectivity index (χ3v) is 3.22. The van der Waals surface area contributed by atoms with E-state index in [4.69, 9.17) is 22.4 Å². The molecule has 2 aromatic rings. The van der Waals surface area contributed by atoms with Gasteiger partial charge < -0.3 is 15.1 Å². The average Bonchev–Trinajstić information content (AvgIpc) is 2.84. The summed E-state index contributed by atoms with van der Waals surface area (Å²) in [4.78, 5) is 2.25. The second kappa shape index (κ2) is 5.36. The lowest BCUT2D eigenvalue weighted by Gasteiger charge is -2.20. The molecule has 0 radical (unpaired) electrons. The molecule has 6 heteroatoms. The van der Waals surface area contributed by atoms with Crippen molar-refractivity contribution in [1.29, 1.82) is 0 Å². The molecule has 0 aliphatic rings. The normalized spacial score (nSPS) is 10.5. The summed E-state index contributed by atoms with van der Waals surface area (Å²) in [5.41, 5.74) is 8.38. The number of hydrogen-bond acceptors (Lipinski definition) is 5. The molecule has 2 rings (SSSR count). The molecule has 19 heavy (non-hydrogen) atoms. The monoisotopic (exact) mass is 276 g/mol. The Morgan fingerprint density at radius 1 is 1.42 bits per heavy atom. The van der Waals surface area contributed by atoms with E-state index in [9.17, 15) is 0 Å². The van der Waals surface area contributed by atoms with Crippen molar-refractivity contribution in [2.45, 2.75) is 20.4 Å². The van der Waals surface area contributed by atoms with Crippen molar-refractivity contribution in [2.24, 2.45) is 5.73 Å². The maximum Gasteiger partial charge on any atom is 0.161 e. The molecular formula is C13H16N4OS. The minimum atomic E-state index is 0.330. The highest BCUT2D eigenvalue weighted by Crippen LogP contribution is 2.22. The van der Waals surface area contributed by atoms with Crippen LogP contribution in [-0.4, -0.2) is 22.2 Å². The summed E-state index contributed by atoms with van der Waals surface area (Å²) in [6, 6.07) is 3.76. The molecule has 0 spiro atoms. The first-order chi connectivity index (χ1) is 9.00. The number of anilines is 1. The fourth-order valence-electron chi connectivity index (χ4n) is 1.87. The van der Waals surface area contributed by atoms with E-state index < -0.39 is 0 Å². The zero-order chi connectivity index (χ0) is 14.0. The highest BCUT2D eigenvalue weighted by Gasteiger charge is 2.17. The standard InChI is InChI=1S/C13H16N4OS/c1-8-9(2)15-16-13(11(8)12(14)19)17(3)7-10-5-4-6-18-10/h4-6H,7H2,1-3H3,(H2,14,19). The van der Waals surface area contributed by atoms with E-state index in [1.807, 2.05) is 37.9 Å². The minimum Gasteiger partial charge on any atom is -0.467 e. The molecule has 2 N–H and O–H groups in total. The van der Waals surface area contributed by atoms with Crippen LogP contribution in [0.4, 0.5) is 5.82 Å². The number of nitrogens with two attached hydrogens (primary N) is 1. The topological polar surface area (TPSA) is 68.2 Å². The van der Waals surface area contributed by atoms with Crippen LogP contribution in [0.5, 0.6) is 0 Å². The lowest BCUT2D eigenvalue weighted by Crippen LogP contribution is -2.24. The quantitative estimate of drug-likeness (QED) is 0.861. The molecule has 0 atom stereocenters. The summed E-state index contributed by atoms with van der Waals surface area (Å²) in [6.07, 6.45) is 1.64. The fourth-order valence-corrected chi connectivity index (χ4v) is 2.11. The highest BCUT2D eigenvalue weighted by atomic mass is 32.1. The highest BCUT2D eigenvalue weighted by molar-refractivity contribution is 7.80. The van der Waals surface area contributed by atoms with Gasteiger partial charge in [0, 0.05) is 7.05 Å². The van der Waals surface area contributed by atoms with E-state index in [0.717, 1.165) is 22.6 Å². The number of hydrogen-bond donors (Lipinski definition) is 1. The maximum atomic E-state index is 5.81. The Hall–Kier alpha value is -1.95. The molecule has 0 aromatic carbocycles. The first kappa shape index (κ1) is 13.5. The number of rotatable bonds is 4. The third-order valence-electron chi connectivity index (χ3n) is 3.02. The van der Waals surface area contributed by atoms with E-state index >= 15 is 0 Å². The molecule has 0 aliphatic carbocycles. The summed E-state index contributed by atoms with van der Waals surface area (Å²) >= 11 is 5.12. The predicted molar refractivity (Wildman–Crippen MR) is 78.2 cm³/mol. The maximum absolute atomic E-state index is 5.81. The van der Waals surface area contributed by atoms with Crippen molar-refractivity contribution >= 4 is 23.0 Å². The van der Waals surface area contributed by atoms with Gasteiger partial charge in [-0.15, -0.1) is 5.10 Å². The largest absolute Gasteiger partial charge is 0.467 e. The van der Waals surface area contributed by atoms with E-state index in [2.05, 4.69) is 10.2 Å². The van der Waals surface area contributed by atoms with Gasteiger partial charge in [0.15, 0.2) is 5.82 Å². The summed E-state index contributed by atoms with van der Waals surface area (Å²) in [5.74, 6) is 1.52. The number of aromatic nitrogens is 2. The van der Waals surface area contributed by atoms with Crippen LogP contribution in [0.25, 0.3) is 0 Å². The summed E-state index contributed by atoms with van der Waals surface area (Å²) in [5, 5.41) is 8.34. The van der Waals surface area contributed by atoms with Crippen molar-refractivity contribution in [2.75, 3.05) is 11.9 Å². The van der Waals surface area contributed by atoms with Gasteiger partial charge in [-0.05, 0) is 31.5 Å². The second-order valence-corrected chi connectivity index (χ2v) is 4.85. The molecule has 5 nitrogen and oxygen atoms in total. The van der Waals surface area contributed by atoms with Gasteiger partial charge in [-0.2, -0.15) is 5.10 Å². The van der Waals surface area contributed by atoms with Crippen LogP contribution in [0.3, 0.4) is 0 Å². The van der Waals surface area contributed by atoms with Crippen molar-refractivity contribution in [3.05, 3.63) is 41.0 Å². The van der Waals surface area contributed by atoms with Crippen LogP contribution in [0, 0.1) is 13.8 Å². The van der Waals surface area contributed by atoms with Gasteiger partial charge >= 0.3 is 0 Å². The lowest BCUT2D eigenvalue weighted by atomic mass is 10.1. The predicted octanol–water partition coefficient (Wildman–Crippen LogP) is 1.96. The minimum absolute atomic E-state index is 0.330. The number of furan rings is 1. The van der Waals surface area contributed by atoms with Crippen molar-refractivity contribution in [1.82, 2.24) is 10.2 Å². The molecule has 2 aromatic heterocycles. The molecule has 0 unspecified atom stereocenters. The van der Waals surface area contributed by atoms with Gasteiger partial charge in [-0.25, -0.2) is 0 Å². The number of thiocarbonyl (C=S) groups is 1. The average molecular weight is 276 g/mol. The van der Waals surface area contributed by atoms with Crippen LogP contribution in [-0.2, 0) is 6.54 Å². The van der Waals surface area contributed by atoms with Gasteiger partial charge in [0.25, 0.3) is 0 Å². The molecule has 0 amide bonds. The summed E-state index contributed by atoms with van der Waals surface area (Å²) < 4.78 is 5.33. The Balaban J connectivity index is 2.38. The summed E-state index contributed by atoms with van der Waals surface area (Å²) in [7, 11) is 1.91. The van der Waals surface area contributed by atoms with Gasteiger partial charge in [-0.1, -0.05) is 12.2 Å². The van der Waals surface area contributed by atoms with Gasteiger partial charge in [0.1, 0.15) is 10.7 Å². The molecule has 100 valence electrons. The van der Waals surface area contributed by atoms with Gasteiger partial charge in [-0.3, -0.25) is 0 Å². The molecular weight excluding hydrogens is 260 g/mol. The van der Waals surface area contributed by atoms with E-state index in [1.54, 1.807) is 6.26 Å². The first-order valence-electron chi connectivity index (χ1n) is 5.88. The number of nitrogens with zero attached hydrogens (tertiary/aromatic N) is 3. The van der Waals surface area contributed by atoms with Gasteiger partial charge in [0.05, 0.1) is 24.1 Å². The Kier molecular flexibility index (Phi) is 3.80. The van der Waals surface area contributed by atoms with Crippen molar-refractivity contribution < 1.29 is 4.42 Å². The Labute approximate surface area is 117 Å². The van der Waals surface area contributed by atoms with Crippen LogP contribution < -0.4 is 10.6 Å². The fraction of sp³-hybridized carbons (Fsp3) is 0.308. The second-order valence-electron chi connectivity index (χ2n) is 4.41. The van der Waals surface area contributed by atoms with Crippen LogP contribution in [0.15, 0.2) is 22.8 Å². The Morgan fingerprint density at radius 2 is 2.16 bits per heavy atom. The zero-order valence-electron chi connectivity index (χ0n) is 11.2. The molecule has 0 fully saturated rings. The van der Waals surface area contributed by atoms with Crippen LogP contribution >= 0.6 is 12.2 Å². The molecule has 0 saturated heterocycles. The van der Waals surface area contributed by atoms with Crippen LogP contribution in [0.1, 0.15) is 22.6 Å². The van der Waals surface area contributed by atoms with E-state index in [0.29, 0.717) is 17.4 Å². The molecule has 0 bridgehead atoms. The lowest BCUT2D eigenvalue weighted by molar-refractivity contribution is 0.506.